The van der Waals surface area contributed by atoms with E-state index < -0.39 is 0 Å². The molecule has 1 unspecified atom stereocenters. The van der Waals surface area contributed by atoms with Gasteiger partial charge in [0, 0.05) is 16.7 Å². The maximum absolute atomic E-state index is 4.33. The fourth-order valence-corrected chi connectivity index (χ4v) is 2.82. The largest absolute Gasteiger partial charge is 0.317 e. The van der Waals surface area contributed by atoms with Crippen molar-refractivity contribution in [2.75, 3.05) is 12.8 Å². The maximum Gasteiger partial charge on any atom is 0.110 e. The Morgan fingerprint density at radius 3 is 3.00 bits per heavy atom. The van der Waals surface area contributed by atoms with Crippen LogP contribution in [0.1, 0.15) is 26.2 Å². The highest BCUT2D eigenvalue weighted by Gasteiger charge is 2.01. The zero-order valence-corrected chi connectivity index (χ0v) is 12.3. The van der Waals surface area contributed by atoms with Crippen molar-refractivity contribution in [1.29, 1.82) is 0 Å². The molecule has 0 bridgehead atoms. The van der Waals surface area contributed by atoms with Gasteiger partial charge in [0.1, 0.15) is 5.03 Å². The van der Waals surface area contributed by atoms with Crippen molar-refractivity contribution in [2.24, 2.45) is 0 Å². The minimum Gasteiger partial charge on any atom is -0.317 e. The van der Waals surface area contributed by atoms with E-state index in [0.29, 0.717) is 6.04 Å². The molecule has 0 aliphatic rings. The summed E-state index contributed by atoms with van der Waals surface area (Å²) in [7, 11) is 2.02. The highest BCUT2D eigenvalue weighted by molar-refractivity contribution is 9.10. The van der Waals surface area contributed by atoms with Crippen molar-refractivity contribution in [2.45, 2.75) is 37.3 Å². The lowest BCUT2D eigenvalue weighted by atomic mass is 10.1. The third kappa shape index (κ3) is 5.32. The molecule has 0 amide bonds. The summed E-state index contributed by atoms with van der Waals surface area (Å²) in [5.41, 5.74) is 0. The summed E-state index contributed by atoms with van der Waals surface area (Å²) in [4.78, 5) is 4.33. The number of rotatable bonds is 7. The van der Waals surface area contributed by atoms with E-state index in [9.17, 15) is 0 Å². The number of nitrogens with one attached hydrogen (secondary N) is 1. The number of nitrogens with zero attached hydrogens (tertiary/aromatic N) is 1. The lowest BCUT2D eigenvalue weighted by Crippen LogP contribution is -2.20. The van der Waals surface area contributed by atoms with Gasteiger partial charge in [-0.25, -0.2) is 4.98 Å². The number of halogens is 1. The Morgan fingerprint density at radius 1 is 1.50 bits per heavy atom. The van der Waals surface area contributed by atoms with Gasteiger partial charge in [-0.05, 0) is 60.6 Å². The molecular weight excluding hydrogens is 284 g/mol. The van der Waals surface area contributed by atoms with Crippen LogP contribution >= 0.6 is 27.7 Å². The summed E-state index contributed by atoms with van der Waals surface area (Å²) in [6.07, 6.45) is 5.62. The Bertz CT molecular complexity index is 307. The van der Waals surface area contributed by atoms with E-state index in [2.05, 4.69) is 33.2 Å². The Kier molecular flexibility index (Phi) is 7.08. The number of thioether (sulfide) groups is 1. The van der Waals surface area contributed by atoms with Crippen molar-refractivity contribution in [3.63, 3.8) is 0 Å². The molecule has 0 saturated heterocycles. The second kappa shape index (κ2) is 8.09. The van der Waals surface area contributed by atoms with Gasteiger partial charge in [-0.15, -0.1) is 11.8 Å². The zero-order valence-electron chi connectivity index (χ0n) is 9.87. The predicted molar refractivity (Wildman–Crippen MR) is 75.0 cm³/mol. The topological polar surface area (TPSA) is 24.9 Å². The lowest BCUT2D eigenvalue weighted by molar-refractivity contribution is 0.539. The highest BCUT2D eigenvalue weighted by atomic mass is 79.9. The van der Waals surface area contributed by atoms with Crippen LogP contribution in [0, 0.1) is 0 Å². The summed E-state index contributed by atoms with van der Waals surface area (Å²) in [6, 6.07) is 4.62. The zero-order chi connectivity index (χ0) is 11.8. The van der Waals surface area contributed by atoms with Gasteiger partial charge in [-0.3, -0.25) is 0 Å². The van der Waals surface area contributed by atoms with E-state index in [4.69, 9.17) is 0 Å². The first-order valence-corrected chi connectivity index (χ1v) is 7.42. The SMILES string of the molecule is CNC(C)CCCCSc1ncccc1Br. The van der Waals surface area contributed by atoms with Gasteiger partial charge in [0.2, 0.25) is 0 Å². The maximum atomic E-state index is 4.33. The normalized spacial score (nSPS) is 12.7. The first kappa shape index (κ1) is 14.0. The van der Waals surface area contributed by atoms with Gasteiger partial charge in [0.25, 0.3) is 0 Å². The fourth-order valence-electron chi connectivity index (χ4n) is 1.34. The van der Waals surface area contributed by atoms with Crippen LogP contribution in [0.3, 0.4) is 0 Å². The van der Waals surface area contributed by atoms with Gasteiger partial charge in [0.15, 0.2) is 0 Å². The molecule has 0 aliphatic carbocycles. The molecule has 0 spiro atoms. The number of hydrogen-bond acceptors (Lipinski definition) is 3. The van der Waals surface area contributed by atoms with Crippen LogP contribution in [0.4, 0.5) is 0 Å². The molecular formula is C12H19BrN2S. The summed E-state index contributed by atoms with van der Waals surface area (Å²) >= 11 is 5.33. The molecule has 1 aromatic rings. The van der Waals surface area contributed by atoms with Crippen molar-refractivity contribution >= 4 is 27.7 Å². The number of aromatic nitrogens is 1. The van der Waals surface area contributed by atoms with E-state index >= 15 is 0 Å². The molecule has 1 aromatic heterocycles. The molecule has 0 aromatic carbocycles. The minimum atomic E-state index is 0.631. The molecule has 0 radical (unpaired) electrons. The van der Waals surface area contributed by atoms with Gasteiger partial charge >= 0.3 is 0 Å². The van der Waals surface area contributed by atoms with Crippen molar-refractivity contribution in [3.05, 3.63) is 22.8 Å². The standard InChI is InChI=1S/C12H19BrN2S/c1-10(14-2)6-3-4-9-16-12-11(13)7-5-8-15-12/h5,7-8,10,14H,3-4,6,9H2,1-2H3. The fraction of sp³-hybridized carbons (Fsp3) is 0.583. The average molecular weight is 303 g/mol. The van der Waals surface area contributed by atoms with Crippen LogP contribution in [-0.4, -0.2) is 23.8 Å². The predicted octanol–water partition coefficient (Wildman–Crippen LogP) is 3.71. The van der Waals surface area contributed by atoms with Crippen LogP contribution in [-0.2, 0) is 0 Å². The summed E-state index contributed by atoms with van der Waals surface area (Å²) in [5, 5.41) is 4.36. The molecule has 0 saturated carbocycles. The number of unbranched alkanes of at least 4 members (excludes halogenated alkanes) is 1. The van der Waals surface area contributed by atoms with E-state index in [1.807, 2.05) is 37.1 Å². The molecule has 0 aliphatic heterocycles. The second-order valence-electron chi connectivity index (χ2n) is 3.82. The monoisotopic (exact) mass is 302 g/mol. The van der Waals surface area contributed by atoms with E-state index in [1.54, 1.807) is 0 Å². The highest BCUT2D eigenvalue weighted by Crippen LogP contribution is 2.25. The molecule has 90 valence electrons. The molecule has 16 heavy (non-hydrogen) atoms. The first-order chi connectivity index (χ1) is 7.74. The minimum absolute atomic E-state index is 0.631. The third-order valence-corrected chi connectivity index (χ3v) is 4.48. The molecule has 0 fully saturated rings. The summed E-state index contributed by atoms with van der Waals surface area (Å²) in [6.45, 7) is 2.22. The van der Waals surface area contributed by atoms with E-state index in [1.165, 1.54) is 19.3 Å². The van der Waals surface area contributed by atoms with Crippen LogP contribution in [0.5, 0.6) is 0 Å². The van der Waals surface area contributed by atoms with Gasteiger partial charge < -0.3 is 5.32 Å². The molecule has 1 atom stereocenters. The Balaban J connectivity index is 2.14. The average Bonchev–Trinajstić information content (AvgIpc) is 2.30. The Morgan fingerprint density at radius 2 is 2.31 bits per heavy atom. The molecule has 1 N–H and O–H groups in total. The van der Waals surface area contributed by atoms with Gasteiger partial charge in [0.05, 0.1) is 0 Å². The molecule has 2 nitrogen and oxygen atoms in total. The van der Waals surface area contributed by atoms with Crippen molar-refractivity contribution in [1.82, 2.24) is 10.3 Å². The quantitative estimate of drug-likeness (QED) is 0.614. The van der Waals surface area contributed by atoms with Crippen LogP contribution in [0.25, 0.3) is 0 Å². The van der Waals surface area contributed by atoms with Crippen LogP contribution in [0.15, 0.2) is 27.8 Å². The summed E-state index contributed by atoms with van der Waals surface area (Å²) < 4.78 is 1.10. The smallest absolute Gasteiger partial charge is 0.110 e. The number of pyridine rings is 1. The van der Waals surface area contributed by atoms with Crippen LogP contribution in [0.2, 0.25) is 0 Å². The van der Waals surface area contributed by atoms with Gasteiger partial charge in [-0.1, -0.05) is 6.42 Å². The molecule has 4 heteroatoms. The lowest BCUT2D eigenvalue weighted by Gasteiger charge is -2.09. The van der Waals surface area contributed by atoms with Crippen molar-refractivity contribution in [3.8, 4) is 0 Å². The summed E-state index contributed by atoms with van der Waals surface area (Å²) in [5.74, 6) is 1.14. The number of hydrogen-bond donors (Lipinski definition) is 1. The van der Waals surface area contributed by atoms with Crippen molar-refractivity contribution < 1.29 is 0 Å². The van der Waals surface area contributed by atoms with E-state index in [0.717, 1.165) is 15.3 Å². The van der Waals surface area contributed by atoms with Gasteiger partial charge in [-0.2, -0.15) is 0 Å². The van der Waals surface area contributed by atoms with Crippen LogP contribution < -0.4 is 5.32 Å². The second-order valence-corrected chi connectivity index (χ2v) is 5.76. The Hall–Kier alpha value is -0.0600. The van der Waals surface area contributed by atoms with E-state index in [-0.39, 0.29) is 0 Å². The third-order valence-electron chi connectivity index (χ3n) is 2.49. The first-order valence-electron chi connectivity index (χ1n) is 5.64. The molecule has 1 rings (SSSR count). The Labute approximate surface area is 111 Å². The molecule has 1 heterocycles.